The fourth-order valence-electron chi connectivity index (χ4n) is 1.60. The van der Waals surface area contributed by atoms with Gasteiger partial charge in [0.05, 0.1) is 24.2 Å². The van der Waals surface area contributed by atoms with Crippen LogP contribution in [-0.4, -0.2) is 13.1 Å². The summed E-state index contributed by atoms with van der Waals surface area (Å²) < 4.78 is 4.66. The van der Waals surface area contributed by atoms with E-state index in [1.807, 2.05) is 26.8 Å². The number of ether oxygens (including phenoxy) is 1. The third-order valence-corrected chi connectivity index (χ3v) is 2.61. The normalized spacial score (nSPS) is 10.7. The average molecular weight is 217 g/mol. The predicted octanol–water partition coefficient (Wildman–Crippen LogP) is 2.58. The Morgan fingerprint density at radius 2 is 2.06 bits per heavy atom. The van der Waals surface area contributed by atoms with Gasteiger partial charge in [0.25, 0.3) is 0 Å². The number of esters is 1. The van der Waals surface area contributed by atoms with Crippen molar-refractivity contribution in [2.45, 2.75) is 26.2 Å². The SMILES string of the molecule is COC(=O)c1ccc(C)c(C(C)(C)C#N)c1. The van der Waals surface area contributed by atoms with E-state index in [1.165, 1.54) is 7.11 Å². The molecule has 1 rings (SSSR count). The van der Waals surface area contributed by atoms with Gasteiger partial charge in [0.2, 0.25) is 0 Å². The molecule has 0 atom stereocenters. The van der Waals surface area contributed by atoms with E-state index < -0.39 is 5.41 Å². The second-order valence-electron chi connectivity index (χ2n) is 4.26. The molecule has 0 N–H and O–H groups in total. The molecule has 1 aromatic rings. The number of aryl methyl sites for hydroxylation is 1. The lowest BCUT2D eigenvalue weighted by atomic mass is 9.82. The van der Waals surface area contributed by atoms with Crippen molar-refractivity contribution < 1.29 is 9.53 Å². The van der Waals surface area contributed by atoms with Gasteiger partial charge in [-0.25, -0.2) is 4.79 Å². The first-order chi connectivity index (χ1) is 7.42. The molecule has 0 saturated heterocycles. The molecule has 0 aromatic heterocycles. The number of hydrogen-bond acceptors (Lipinski definition) is 3. The third-order valence-electron chi connectivity index (χ3n) is 2.61. The summed E-state index contributed by atoms with van der Waals surface area (Å²) in [5.74, 6) is -0.380. The van der Waals surface area contributed by atoms with E-state index in [-0.39, 0.29) is 5.97 Å². The van der Waals surface area contributed by atoms with Crippen LogP contribution in [0.15, 0.2) is 18.2 Å². The van der Waals surface area contributed by atoms with Crippen LogP contribution in [0.5, 0.6) is 0 Å². The molecule has 3 heteroatoms. The van der Waals surface area contributed by atoms with E-state index in [0.717, 1.165) is 11.1 Å². The minimum Gasteiger partial charge on any atom is -0.465 e. The largest absolute Gasteiger partial charge is 0.465 e. The Morgan fingerprint density at radius 3 is 2.56 bits per heavy atom. The standard InChI is InChI=1S/C13H15NO2/c1-9-5-6-10(12(15)16-4)7-11(9)13(2,3)8-14/h5-7H,1-4H3. The van der Waals surface area contributed by atoms with Crippen molar-refractivity contribution in [1.29, 1.82) is 5.26 Å². The molecular formula is C13H15NO2. The Labute approximate surface area is 95.7 Å². The first kappa shape index (κ1) is 12.3. The molecule has 0 heterocycles. The molecule has 0 fully saturated rings. The fourth-order valence-corrected chi connectivity index (χ4v) is 1.60. The first-order valence-corrected chi connectivity index (χ1v) is 5.03. The molecule has 0 aliphatic heterocycles. The van der Waals surface area contributed by atoms with Crippen LogP contribution in [0.1, 0.15) is 35.3 Å². The highest BCUT2D eigenvalue weighted by Crippen LogP contribution is 2.26. The molecule has 0 spiro atoms. The Bertz CT molecular complexity index is 455. The minimum atomic E-state index is -0.603. The van der Waals surface area contributed by atoms with Gasteiger partial charge in [-0.1, -0.05) is 6.07 Å². The van der Waals surface area contributed by atoms with Gasteiger partial charge in [-0.2, -0.15) is 5.26 Å². The van der Waals surface area contributed by atoms with Crippen molar-refractivity contribution in [2.24, 2.45) is 0 Å². The van der Waals surface area contributed by atoms with Crippen molar-refractivity contribution in [2.75, 3.05) is 7.11 Å². The summed E-state index contributed by atoms with van der Waals surface area (Å²) in [4.78, 5) is 11.4. The van der Waals surface area contributed by atoms with Gasteiger partial charge >= 0.3 is 5.97 Å². The van der Waals surface area contributed by atoms with Gasteiger partial charge in [-0.3, -0.25) is 0 Å². The fraction of sp³-hybridized carbons (Fsp3) is 0.385. The maximum Gasteiger partial charge on any atom is 0.337 e. The van der Waals surface area contributed by atoms with Gasteiger partial charge in [-0.15, -0.1) is 0 Å². The molecule has 0 bridgehead atoms. The molecule has 0 radical (unpaired) electrons. The number of methoxy groups -OCH3 is 1. The second kappa shape index (κ2) is 4.36. The highest BCUT2D eigenvalue weighted by Gasteiger charge is 2.23. The number of nitriles is 1. The van der Waals surface area contributed by atoms with Crippen molar-refractivity contribution in [3.8, 4) is 6.07 Å². The van der Waals surface area contributed by atoms with Crippen LogP contribution in [0.2, 0.25) is 0 Å². The maximum absolute atomic E-state index is 11.4. The highest BCUT2D eigenvalue weighted by atomic mass is 16.5. The smallest absolute Gasteiger partial charge is 0.337 e. The summed E-state index contributed by atoms with van der Waals surface area (Å²) in [5.41, 5.74) is 1.73. The number of carbonyl (C=O) groups is 1. The monoisotopic (exact) mass is 217 g/mol. The summed E-state index contributed by atoms with van der Waals surface area (Å²) in [6.07, 6.45) is 0. The molecule has 0 amide bonds. The van der Waals surface area contributed by atoms with E-state index >= 15 is 0 Å². The maximum atomic E-state index is 11.4. The molecular weight excluding hydrogens is 202 g/mol. The van der Waals surface area contributed by atoms with Crippen LogP contribution < -0.4 is 0 Å². The summed E-state index contributed by atoms with van der Waals surface area (Å²) in [5, 5.41) is 9.09. The number of nitrogens with zero attached hydrogens (tertiary/aromatic N) is 1. The zero-order valence-electron chi connectivity index (χ0n) is 10.00. The molecule has 0 saturated carbocycles. The van der Waals surface area contributed by atoms with Gasteiger partial charge in [0, 0.05) is 0 Å². The second-order valence-corrected chi connectivity index (χ2v) is 4.26. The van der Waals surface area contributed by atoms with Crippen LogP contribution in [0.3, 0.4) is 0 Å². The molecule has 84 valence electrons. The highest BCUT2D eigenvalue weighted by molar-refractivity contribution is 5.89. The molecule has 0 unspecified atom stereocenters. The molecule has 3 nitrogen and oxygen atoms in total. The topological polar surface area (TPSA) is 50.1 Å². The van der Waals surface area contributed by atoms with Gasteiger partial charge in [-0.05, 0) is 44.0 Å². The molecule has 16 heavy (non-hydrogen) atoms. The number of rotatable bonds is 2. The van der Waals surface area contributed by atoms with Crippen molar-refractivity contribution >= 4 is 5.97 Å². The van der Waals surface area contributed by atoms with Gasteiger partial charge < -0.3 is 4.74 Å². The van der Waals surface area contributed by atoms with Crippen LogP contribution >= 0.6 is 0 Å². The minimum absolute atomic E-state index is 0.380. The van der Waals surface area contributed by atoms with Crippen LogP contribution in [0, 0.1) is 18.3 Å². The number of hydrogen-bond donors (Lipinski definition) is 0. The van der Waals surface area contributed by atoms with Crippen LogP contribution in [0.25, 0.3) is 0 Å². The van der Waals surface area contributed by atoms with Gasteiger partial charge in [0.15, 0.2) is 0 Å². The van der Waals surface area contributed by atoms with E-state index in [9.17, 15) is 4.79 Å². The zero-order valence-corrected chi connectivity index (χ0v) is 10.00. The summed E-state index contributed by atoms with van der Waals surface area (Å²) in [7, 11) is 1.34. The molecule has 0 aliphatic carbocycles. The van der Waals surface area contributed by atoms with E-state index in [0.29, 0.717) is 5.56 Å². The van der Waals surface area contributed by atoms with Crippen molar-refractivity contribution in [3.05, 3.63) is 34.9 Å². The Kier molecular flexibility index (Phi) is 3.34. The molecule has 0 aliphatic rings. The predicted molar refractivity (Wildman–Crippen MR) is 61.2 cm³/mol. The molecule has 1 aromatic carbocycles. The number of benzene rings is 1. The van der Waals surface area contributed by atoms with Crippen molar-refractivity contribution in [1.82, 2.24) is 0 Å². The first-order valence-electron chi connectivity index (χ1n) is 5.03. The lowest BCUT2D eigenvalue weighted by molar-refractivity contribution is 0.0600. The van der Waals surface area contributed by atoms with Gasteiger partial charge in [0.1, 0.15) is 0 Å². The number of carbonyl (C=O) groups excluding carboxylic acids is 1. The summed E-state index contributed by atoms with van der Waals surface area (Å²) in [6, 6.07) is 7.50. The summed E-state index contributed by atoms with van der Waals surface area (Å²) >= 11 is 0. The Hall–Kier alpha value is -1.82. The van der Waals surface area contributed by atoms with Crippen LogP contribution in [-0.2, 0) is 10.2 Å². The zero-order chi connectivity index (χ0) is 12.3. The van der Waals surface area contributed by atoms with Crippen LogP contribution in [0.4, 0.5) is 0 Å². The van der Waals surface area contributed by atoms with E-state index in [2.05, 4.69) is 10.8 Å². The van der Waals surface area contributed by atoms with E-state index in [4.69, 9.17) is 5.26 Å². The summed E-state index contributed by atoms with van der Waals surface area (Å²) in [6.45, 7) is 5.59. The van der Waals surface area contributed by atoms with E-state index in [1.54, 1.807) is 12.1 Å². The Morgan fingerprint density at radius 1 is 1.44 bits per heavy atom. The average Bonchev–Trinajstić information content (AvgIpc) is 2.28. The lowest BCUT2D eigenvalue weighted by Gasteiger charge is -2.19. The quantitative estimate of drug-likeness (QED) is 0.715. The third kappa shape index (κ3) is 2.22. The lowest BCUT2D eigenvalue weighted by Crippen LogP contribution is -2.17. The van der Waals surface area contributed by atoms with Crippen molar-refractivity contribution in [3.63, 3.8) is 0 Å². The Balaban J connectivity index is 3.31.